The number of nitrogens with one attached hydrogen (secondary N) is 3. The molecular weight excluding hydrogens is 574 g/mol. The van der Waals surface area contributed by atoms with Crippen molar-refractivity contribution < 1.29 is 32.3 Å². The van der Waals surface area contributed by atoms with Crippen LogP contribution in [0.2, 0.25) is 0 Å². The van der Waals surface area contributed by atoms with Crippen molar-refractivity contribution in [3.8, 4) is 0 Å². The van der Waals surface area contributed by atoms with Crippen LogP contribution in [0.15, 0.2) is 30.3 Å². The van der Waals surface area contributed by atoms with Crippen molar-refractivity contribution in [2.24, 2.45) is 11.8 Å². The van der Waals surface area contributed by atoms with Crippen LogP contribution in [-0.2, 0) is 40.4 Å². The van der Waals surface area contributed by atoms with Crippen LogP contribution in [0.1, 0.15) is 51.0 Å². The van der Waals surface area contributed by atoms with Crippen molar-refractivity contribution in [2.45, 2.75) is 82.1 Å². The molecule has 12 nitrogen and oxygen atoms in total. The molecule has 43 heavy (non-hydrogen) atoms. The molecular formula is C30H45N5O7S. The Balaban J connectivity index is 1.62. The van der Waals surface area contributed by atoms with Gasteiger partial charge in [0.1, 0.15) is 12.1 Å². The summed E-state index contributed by atoms with van der Waals surface area (Å²) in [5.41, 5.74) is 0.819. The lowest BCUT2D eigenvalue weighted by Gasteiger charge is -2.36. The lowest BCUT2D eigenvalue weighted by Crippen LogP contribution is -2.58. The van der Waals surface area contributed by atoms with Gasteiger partial charge >= 0.3 is 5.97 Å². The van der Waals surface area contributed by atoms with E-state index in [4.69, 9.17) is 4.74 Å². The van der Waals surface area contributed by atoms with E-state index in [1.807, 2.05) is 30.3 Å². The van der Waals surface area contributed by atoms with E-state index >= 15 is 0 Å². The highest BCUT2D eigenvalue weighted by Gasteiger charge is 2.56. The van der Waals surface area contributed by atoms with Gasteiger partial charge in [-0.25, -0.2) is 13.2 Å². The minimum Gasteiger partial charge on any atom is -0.467 e. The normalized spacial score (nSPS) is 24.9. The predicted molar refractivity (Wildman–Crippen MR) is 160 cm³/mol. The number of ether oxygens (including phenoxy) is 1. The highest BCUT2D eigenvalue weighted by Crippen LogP contribution is 2.39. The van der Waals surface area contributed by atoms with Gasteiger partial charge in [0.25, 0.3) is 0 Å². The molecule has 2 saturated heterocycles. The Morgan fingerprint density at radius 3 is 2.30 bits per heavy atom. The summed E-state index contributed by atoms with van der Waals surface area (Å²) in [6, 6.07) is 5.60. The van der Waals surface area contributed by atoms with Crippen LogP contribution in [0.25, 0.3) is 0 Å². The van der Waals surface area contributed by atoms with E-state index in [1.54, 1.807) is 18.9 Å². The van der Waals surface area contributed by atoms with Gasteiger partial charge in [-0.3, -0.25) is 14.4 Å². The molecule has 1 aromatic carbocycles. The van der Waals surface area contributed by atoms with Gasteiger partial charge in [0, 0.05) is 25.6 Å². The Hall–Kier alpha value is -3.03. The van der Waals surface area contributed by atoms with Gasteiger partial charge in [0.05, 0.1) is 31.4 Å². The summed E-state index contributed by atoms with van der Waals surface area (Å²) in [6.07, 6.45) is 6.25. The number of carbonyl (C=O) groups is 4. The Labute approximate surface area is 254 Å². The zero-order valence-electron chi connectivity index (χ0n) is 25.5. The molecule has 0 aromatic heterocycles. The van der Waals surface area contributed by atoms with E-state index in [1.165, 1.54) is 11.4 Å². The summed E-state index contributed by atoms with van der Waals surface area (Å²) in [5, 5.41) is 8.69. The van der Waals surface area contributed by atoms with Crippen LogP contribution in [0, 0.1) is 11.8 Å². The molecule has 0 unspecified atom stereocenters. The van der Waals surface area contributed by atoms with Crippen molar-refractivity contribution >= 4 is 33.7 Å². The van der Waals surface area contributed by atoms with Crippen LogP contribution in [0.5, 0.6) is 0 Å². The second-order valence-electron chi connectivity index (χ2n) is 12.0. The van der Waals surface area contributed by atoms with Gasteiger partial charge in [0.2, 0.25) is 27.7 Å². The number of nitrogens with zero attached hydrogens (tertiary/aromatic N) is 2. The maximum atomic E-state index is 14.3. The topological polar surface area (TPSA) is 154 Å². The molecule has 2 heterocycles. The molecule has 6 atom stereocenters. The van der Waals surface area contributed by atoms with Gasteiger partial charge < -0.3 is 25.6 Å². The highest BCUT2D eigenvalue weighted by molar-refractivity contribution is 7.88. The number of hydrogen-bond acceptors (Lipinski definition) is 8. The summed E-state index contributed by atoms with van der Waals surface area (Å²) >= 11 is 0. The molecule has 1 saturated carbocycles. The average Bonchev–Trinajstić information content (AvgIpc) is 3.60. The number of sulfonamides is 1. The molecule has 13 heteroatoms. The van der Waals surface area contributed by atoms with Gasteiger partial charge in [-0.05, 0) is 44.7 Å². The van der Waals surface area contributed by atoms with E-state index in [-0.39, 0.29) is 37.2 Å². The highest BCUT2D eigenvalue weighted by atomic mass is 32.2. The van der Waals surface area contributed by atoms with Gasteiger partial charge in [-0.2, -0.15) is 4.31 Å². The molecule has 3 N–H and O–H groups in total. The van der Waals surface area contributed by atoms with Gasteiger partial charge in [-0.1, -0.05) is 49.6 Å². The number of hydrogen-bond donors (Lipinski definition) is 3. The van der Waals surface area contributed by atoms with Crippen LogP contribution < -0.4 is 16.0 Å². The standard InChI is InChI=1S/C30H45N5O7S/c1-19(31-2)27(36)33-25(21-13-9-6-10-14-21)29(38)34-16-15-24-26(34)22(18-35(24)43(4,40)41)28(37)32-23(30(39)42-3)17-20-11-7-5-8-12-20/h5,7-8,11-12,19,21-26,31H,6,9-10,13-18H2,1-4H3,(H,32,37)(H,33,36)/t19-,22-,23-,24+,25-,26+/m0/s1. The minimum atomic E-state index is -3.70. The Morgan fingerprint density at radius 2 is 1.70 bits per heavy atom. The quantitative estimate of drug-likeness (QED) is 0.301. The second kappa shape index (κ2) is 14.2. The molecule has 4 rings (SSSR count). The number of fused-ring (bicyclic) bond motifs is 1. The summed E-state index contributed by atoms with van der Waals surface area (Å²) in [6.45, 7) is 1.87. The van der Waals surface area contributed by atoms with Crippen LogP contribution in [0.3, 0.4) is 0 Å². The van der Waals surface area contributed by atoms with E-state index in [2.05, 4.69) is 16.0 Å². The predicted octanol–water partition coefficient (Wildman–Crippen LogP) is 0.421. The zero-order valence-corrected chi connectivity index (χ0v) is 26.3. The van der Waals surface area contributed by atoms with Crippen LogP contribution in [0.4, 0.5) is 0 Å². The minimum absolute atomic E-state index is 0.0532. The van der Waals surface area contributed by atoms with E-state index < -0.39 is 58.0 Å². The van der Waals surface area contributed by atoms with Crippen molar-refractivity contribution in [2.75, 3.05) is 33.5 Å². The zero-order chi connectivity index (χ0) is 31.3. The van der Waals surface area contributed by atoms with Crippen LogP contribution >= 0.6 is 0 Å². The summed E-state index contributed by atoms with van der Waals surface area (Å²) in [4.78, 5) is 55.4. The fourth-order valence-corrected chi connectivity index (χ4v) is 7.97. The summed E-state index contributed by atoms with van der Waals surface area (Å²) < 4.78 is 31.9. The lowest BCUT2D eigenvalue weighted by molar-refractivity contribution is -0.146. The Kier molecular flexibility index (Phi) is 10.8. The van der Waals surface area contributed by atoms with Crippen molar-refractivity contribution in [1.29, 1.82) is 0 Å². The van der Waals surface area contributed by atoms with Crippen molar-refractivity contribution in [3.05, 3.63) is 35.9 Å². The molecule has 1 aromatic rings. The third kappa shape index (κ3) is 7.55. The van der Waals surface area contributed by atoms with E-state index in [9.17, 15) is 27.6 Å². The first-order valence-corrected chi connectivity index (χ1v) is 17.0. The van der Waals surface area contributed by atoms with Crippen molar-refractivity contribution in [3.63, 3.8) is 0 Å². The monoisotopic (exact) mass is 619 g/mol. The average molecular weight is 620 g/mol. The molecule has 0 spiro atoms. The second-order valence-corrected chi connectivity index (χ2v) is 13.9. The SMILES string of the molecule is CN[C@@H](C)C(=O)N[C@H](C(=O)N1CC[C@@H]2[C@H]1[C@@H](C(=O)N[C@@H](Cc1ccccc1)C(=O)OC)CN2S(C)(=O)=O)C1CCCCC1. The number of methoxy groups -OCH3 is 1. The first-order chi connectivity index (χ1) is 20.5. The maximum absolute atomic E-state index is 14.3. The number of rotatable bonds is 11. The molecule has 0 bridgehead atoms. The largest absolute Gasteiger partial charge is 0.467 e. The van der Waals surface area contributed by atoms with Gasteiger partial charge in [0.15, 0.2) is 0 Å². The molecule has 3 fully saturated rings. The summed E-state index contributed by atoms with van der Waals surface area (Å²) in [5.74, 6) is -2.69. The third-order valence-electron chi connectivity index (χ3n) is 9.22. The van der Waals surface area contributed by atoms with Gasteiger partial charge in [-0.15, -0.1) is 0 Å². The van der Waals surface area contributed by atoms with E-state index in [0.717, 1.165) is 43.9 Å². The van der Waals surface area contributed by atoms with E-state index in [0.29, 0.717) is 6.42 Å². The fraction of sp³-hybridized carbons (Fsp3) is 0.667. The fourth-order valence-electron chi connectivity index (χ4n) is 6.81. The Morgan fingerprint density at radius 1 is 1.02 bits per heavy atom. The first-order valence-electron chi connectivity index (χ1n) is 15.1. The molecule has 0 radical (unpaired) electrons. The molecule has 3 aliphatic rings. The number of likely N-dealkylation sites (tertiary alicyclic amines) is 1. The molecule has 1 aliphatic carbocycles. The third-order valence-corrected chi connectivity index (χ3v) is 10.5. The number of amides is 3. The number of carbonyl (C=O) groups excluding carboxylic acids is 4. The number of benzene rings is 1. The maximum Gasteiger partial charge on any atom is 0.328 e. The first kappa shape index (κ1) is 32.9. The lowest BCUT2D eigenvalue weighted by atomic mass is 9.83. The molecule has 238 valence electrons. The number of esters is 1. The smallest absolute Gasteiger partial charge is 0.328 e. The van der Waals surface area contributed by atoms with Crippen LogP contribution in [-0.4, -0.2) is 105 Å². The molecule has 2 aliphatic heterocycles. The van der Waals surface area contributed by atoms with Crippen molar-refractivity contribution in [1.82, 2.24) is 25.2 Å². The summed E-state index contributed by atoms with van der Waals surface area (Å²) in [7, 11) is -0.779. The Bertz CT molecular complexity index is 1270. The molecule has 3 amide bonds. The number of likely N-dealkylation sites (N-methyl/N-ethyl adjacent to an activating group) is 1.